The van der Waals surface area contributed by atoms with Crippen molar-refractivity contribution in [3.8, 4) is 0 Å². The third-order valence-electron chi connectivity index (χ3n) is 4.62. The number of ether oxygens (including phenoxy) is 1. The van der Waals surface area contributed by atoms with Gasteiger partial charge in [0, 0.05) is 17.6 Å². The van der Waals surface area contributed by atoms with E-state index in [0.717, 1.165) is 47.8 Å². The number of benzene rings is 1. The number of amides is 1. The van der Waals surface area contributed by atoms with E-state index in [1.54, 1.807) is 0 Å². The molecule has 1 N–H and O–H groups in total. The molecule has 0 saturated carbocycles. The lowest BCUT2D eigenvalue weighted by atomic mass is 9.84. The Morgan fingerprint density at radius 1 is 1.32 bits per heavy atom. The van der Waals surface area contributed by atoms with Gasteiger partial charge in [-0.2, -0.15) is 0 Å². The lowest BCUT2D eigenvalue weighted by molar-refractivity contribution is -0.124. The molecule has 1 aliphatic carbocycles. The number of hydrogen-bond acceptors (Lipinski definition) is 4. The Morgan fingerprint density at radius 3 is 2.92 bits per heavy atom. The van der Waals surface area contributed by atoms with Crippen LogP contribution in [0, 0.1) is 5.92 Å². The highest BCUT2D eigenvalue weighted by Gasteiger charge is 2.26. The minimum Gasteiger partial charge on any atom is -0.452 e. The second-order valence-electron chi connectivity index (χ2n) is 6.70. The number of nitrogens with zero attached hydrogens (tertiary/aromatic N) is 1. The van der Waals surface area contributed by atoms with Gasteiger partial charge in [0.1, 0.15) is 0 Å². The van der Waals surface area contributed by atoms with Crippen LogP contribution in [0.25, 0.3) is 10.9 Å². The first-order chi connectivity index (χ1) is 12.1. The molecule has 1 aromatic carbocycles. The van der Waals surface area contributed by atoms with Crippen LogP contribution < -0.4 is 5.32 Å². The Balaban J connectivity index is 1.92. The lowest BCUT2D eigenvalue weighted by Gasteiger charge is -2.24. The lowest BCUT2D eigenvalue weighted by Crippen LogP contribution is -2.29. The molecule has 1 atom stereocenters. The molecular formula is C20H24N2O3. The molecule has 0 aliphatic heterocycles. The van der Waals surface area contributed by atoms with Gasteiger partial charge in [0.05, 0.1) is 11.1 Å². The van der Waals surface area contributed by atoms with Gasteiger partial charge in [-0.25, -0.2) is 4.79 Å². The summed E-state index contributed by atoms with van der Waals surface area (Å²) in [7, 11) is 0. The third-order valence-corrected chi connectivity index (χ3v) is 4.62. The van der Waals surface area contributed by atoms with Crippen molar-refractivity contribution in [3.05, 3.63) is 41.1 Å². The first-order valence-electron chi connectivity index (χ1n) is 8.94. The Morgan fingerprint density at radius 2 is 2.12 bits per heavy atom. The SMILES string of the molecule is CCCNC(=O)COC(=O)c1c2c(nc3ccccc13)CC[C@@H](C)C2. The van der Waals surface area contributed by atoms with E-state index in [0.29, 0.717) is 18.0 Å². The number of pyridine rings is 1. The predicted molar refractivity (Wildman–Crippen MR) is 96.5 cm³/mol. The minimum absolute atomic E-state index is 0.250. The number of aromatic nitrogens is 1. The number of esters is 1. The standard InChI is InChI=1S/C20H24N2O3/c1-3-10-21-18(23)12-25-20(24)19-14-6-4-5-7-16(14)22-17-9-8-13(2)11-15(17)19/h4-7,13H,3,8-12H2,1-2H3,(H,21,23)/t13-/m1/s1. The van der Waals surface area contributed by atoms with E-state index in [9.17, 15) is 9.59 Å². The monoisotopic (exact) mass is 340 g/mol. The molecule has 0 radical (unpaired) electrons. The summed E-state index contributed by atoms with van der Waals surface area (Å²) in [5, 5.41) is 3.52. The van der Waals surface area contributed by atoms with Crippen LogP contribution in [-0.2, 0) is 22.4 Å². The molecule has 132 valence electrons. The summed E-state index contributed by atoms with van der Waals surface area (Å²) in [6, 6.07) is 7.63. The summed E-state index contributed by atoms with van der Waals surface area (Å²) in [6.07, 6.45) is 3.62. The Kier molecular flexibility index (Phi) is 5.31. The Bertz CT molecular complexity index is 801. The number of aryl methyl sites for hydroxylation is 1. The third kappa shape index (κ3) is 3.81. The maximum atomic E-state index is 12.8. The zero-order valence-electron chi connectivity index (χ0n) is 14.8. The van der Waals surface area contributed by atoms with Crippen molar-refractivity contribution in [1.29, 1.82) is 0 Å². The molecule has 0 saturated heterocycles. The number of carbonyl (C=O) groups is 2. The van der Waals surface area contributed by atoms with Gasteiger partial charge in [-0.1, -0.05) is 32.0 Å². The van der Waals surface area contributed by atoms with Gasteiger partial charge in [0.25, 0.3) is 5.91 Å². The summed E-state index contributed by atoms with van der Waals surface area (Å²) in [6.45, 7) is 4.50. The molecule has 0 spiro atoms. The van der Waals surface area contributed by atoms with E-state index >= 15 is 0 Å². The number of rotatable bonds is 5. The average Bonchev–Trinajstić information content (AvgIpc) is 2.62. The zero-order valence-corrected chi connectivity index (χ0v) is 14.8. The molecule has 1 aromatic heterocycles. The van der Waals surface area contributed by atoms with Crippen molar-refractivity contribution in [3.63, 3.8) is 0 Å². The second-order valence-corrected chi connectivity index (χ2v) is 6.70. The summed E-state index contributed by atoms with van der Waals surface area (Å²) in [4.78, 5) is 29.3. The summed E-state index contributed by atoms with van der Waals surface area (Å²) >= 11 is 0. The molecule has 0 unspecified atom stereocenters. The maximum absolute atomic E-state index is 12.8. The van der Waals surface area contributed by atoms with E-state index in [-0.39, 0.29) is 12.5 Å². The van der Waals surface area contributed by atoms with Gasteiger partial charge in [-0.15, -0.1) is 0 Å². The van der Waals surface area contributed by atoms with Crippen LogP contribution in [0.15, 0.2) is 24.3 Å². The second kappa shape index (κ2) is 7.64. The van der Waals surface area contributed by atoms with Gasteiger partial charge in [0.2, 0.25) is 0 Å². The molecular weight excluding hydrogens is 316 g/mol. The highest BCUT2D eigenvalue weighted by Crippen LogP contribution is 2.31. The van der Waals surface area contributed by atoms with E-state index < -0.39 is 5.97 Å². The molecule has 1 heterocycles. The zero-order chi connectivity index (χ0) is 17.8. The normalized spacial score (nSPS) is 16.3. The highest BCUT2D eigenvalue weighted by atomic mass is 16.5. The van der Waals surface area contributed by atoms with Crippen molar-refractivity contribution in [2.45, 2.75) is 39.5 Å². The van der Waals surface area contributed by atoms with Gasteiger partial charge >= 0.3 is 5.97 Å². The molecule has 0 bridgehead atoms. The topological polar surface area (TPSA) is 68.3 Å². The maximum Gasteiger partial charge on any atom is 0.339 e. The number of carbonyl (C=O) groups excluding carboxylic acids is 2. The molecule has 25 heavy (non-hydrogen) atoms. The minimum atomic E-state index is -0.435. The van der Waals surface area contributed by atoms with Crippen LogP contribution in [0.5, 0.6) is 0 Å². The molecule has 2 aromatic rings. The number of hydrogen-bond donors (Lipinski definition) is 1. The fraction of sp³-hybridized carbons (Fsp3) is 0.450. The van der Waals surface area contributed by atoms with Crippen molar-refractivity contribution in [2.24, 2.45) is 5.92 Å². The van der Waals surface area contributed by atoms with Crippen molar-refractivity contribution in [2.75, 3.05) is 13.2 Å². The van der Waals surface area contributed by atoms with E-state index in [4.69, 9.17) is 9.72 Å². The van der Waals surface area contributed by atoms with Crippen LogP contribution >= 0.6 is 0 Å². The van der Waals surface area contributed by atoms with Gasteiger partial charge < -0.3 is 10.1 Å². The Hall–Kier alpha value is -2.43. The largest absolute Gasteiger partial charge is 0.452 e. The van der Waals surface area contributed by atoms with E-state index in [1.165, 1.54) is 0 Å². The fourth-order valence-corrected chi connectivity index (χ4v) is 3.31. The average molecular weight is 340 g/mol. The van der Waals surface area contributed by atoms with Gasteiger partial charge in [-0.3, -0.25) is 9.78 Å². The molecule has 0 fully saturated rings. The summed E-state index contributed by atoms with van der Waals surface area (Å²) in [5.41, 5.74) is 3.35. The van der Waals surface area contributed by atoms with Crippen LogP contribution in [0.2, 0.25) is 0 Å². The van der Waals surface area contributed by atoms with Crippen molar-refractivity contribution >= 4 is 22.8 Å². The smallest absolute Gasteiger partial charge is 0.339 e. The molecule has 5 heteroatoms. The molecule has 1 aliphatic rings. The van der Waals surface area contributed by atoms with Crippen molar-refractivity contribution in [1.82, 2.24) is 10.3 Å². The van der Waals surface area contributed by atoms with Crippen LogP contribution in [0.3, 0.4) is 0 Å². The van der Waals surface area contributed by atoms with E-state index in [2.05, 4.69) is 12.2 Å². The van der Waals surface area contributed by atoms with Gasteiger partial charge in [0.15, 0.2) is 6.61 Å². The summed E-state index contributed by atoms with van der Waals surface area (Å²) < 4.78 is 5.32. The molecule has 5 nitrogen and oxygen atoms in total. The van der Waals surface area contributed by atoms with Crippen molar-refractivity contribution < 1.29 is 14.3 Å². The predicted octanol–water partition coefficient (Wildman–Crippen LogP) is 3.04. The van der Waals surface area contributed by atoms with Gasteiger partial charge in [-0.05, 0) is 43.2 Å². The quantitative estimate of drug-likeness (QED) is 0.850. The van der Waals surface area contributed by atoms with Crippen LogP contribution in [0.1, 0.15) is 48.3 Å². The van der Waals surface area contributed by atoms with Crippen LogP contribution in [-0.4, -0.2) is 30.0 Å². The van der Waals surface area contributed by atoms with Crippen LogP contribution in [0.4, 0.5) is 0 Å². The Labute approximate surface area is 147 Å². The highest BCUT2D eigenvalue weighted by molar-refractivity contribution is 6.05. The summed E-state index contributed by atoms with van der Waals surface area (Å²) in [5.74, 6) is -0.193. The molecule has 3 rings (SSSR count). The van der Waals surface area contributed by atoms with E-state index in [1.807, 2.05) is 31.2 Å². The number of fused-ring (bicyclic) bond motifs is 2. The first-order valence-corrected chi connectivity index (χ1v) is 8.94. The first kappa shape index (κ1) is 17.4. The number of para-hydroxylation sites is 1. The fourth-order valence-electron chi connectivity index (χ4n) is 3.31. The number of nitrogens with one attached hydrogen (secondary N) is 1. The molecule has 1 amide bonds.